The van der Waals surface area contributed by atoms with Gasteiger partial charge in [0.2, 0.25) is 0 Å². The maximum Gasteiger partial charge on any atom is 0.397 e. The summed E-state index contributed by atoms with van der Waals surface area (Å²) in [6, 6.07) is 0. The quantitative estimate of drug-likeness (QED) is 0.488. The van der Waals surface area contributed by atoms with E-state index in [2.05, 4.69) is 13.8 Å². The van der Waals surface area contributed by atoms with E-state index >= 15 is 0 Å². The van der Waals surface area contributed by atoms with Gasteiger partial charge in [0.15, 0.2) is 0 Å². The maximum atomic E-state index is 10.7. The van der Waals surface area contributed by atoms with Crippen LogP contribution in [-0.2, 0) is 14.6 Å². The summed E-state index contributed by atoms with van der Waals surface area (Å²) < 4.78 is 34.9. The van der Waals surface area contributed by atoms with Crippen molar-refractivity contribution in [3.05, 3.63) is 0 Å². The molecule has 110 valence electrons. The highest BCUT2D eigenvalue weighted by atomic mass is 32.3. The molecule has 0 radical (unpaired) electrons. The van der Waals surface area contributed by atoms with Crippen LogP contribution >= 0.6 is 0 Å². The average molecular weight is 280 g/mol. The highest BCUT2D eigenvalue weighted by Crippen LogP contribution is 2.19. The number of rotatable bonds is 10. The highest BCUT2D eigenvalue weighted by molar-refractivity contribution is 7.80. The predicted octanol–water partition coefficient (Wildman–Crippen LogP) is 3.83. The van der Waals surface area contributed by atoms with Crippen LogP contribution < -0.4 is 0 Å². The lowest BCUT2D eigenvalue weighted by Crippen LogP contribution is -2.20. The molecular weight excluding hydrogens is 252 g/mol. The van der Waals surface area contributed by atoms with Gasteiger partial charge in [0.1, 0.15) is 0 Å². The first-order valence-electron chi connectivity index (χ1n) is 6.90. The molecule has 0 aromatic carbocycles. The van der Waals surface area contributed by atoms with Crippen LogP contribution in [0.25, 0.3) is 0 Å². The van der Waals surface area contributed by atoms with Crippen LogP contribution in [0.4, 0.5) is 0 Å². The van der Waals surface area contributed by atoms with Gasteiger partial charge in [-0.25, -0.2) is 4.18 Å². The van der Waals surface area contributed by atoms with Gasteiger partial charge in [-0.2, -0.15) is 8.42 Å². The Morgan fingerprint density at radius 3 is 2.11 bits per heavy atom. The first-order valence-corrected chi connectivity index (χ1v) is 8.26. The van der Waals surface area contributed by atoms with Crippen molar-refractivity contribution in [2.75, 3.05) is 0 Å². The van der Waals surface area contributed by atoms with E-state index in [4.69, 9.17) is 8.74 Å². The van der Waals surface area contributed by atoms with Gasteiger partial charge >= 0.3 is 10.4 Å². The Labute approximate surface area is 112 Å². The minimum Gasteiger partial charge on any atom is -0.264 e. The summed E-state index contributed by atoms with van der Waals surface area (Å²) in [5.41, 5.74) is 0. The topological polar surface area (TPSA) is 63.6 Å². The predicted molar refractivity (Wildman–Crippen MR) is 73.8 cm³/mol. The Hall–Kier alpha value is -0.130. The molecule has 0 aliphatic rings. The molecule has 0 spiro atoms. The number of hydrogen-bond donors (Lipinski definition) is 1. The molecule has 0 aromatic rings. The van der Waals surface area contributed by atoms with Gasteiger partial charge < -0.3 is 0 Å². The fourth-order valence-electron chi connectivity index (χ4n) is 1.97. The maximum absolute atomic E-state index is 10.7. The van der Waals surface area contributed by atoms with Crippen LogP contribution in [-0.4, -0.2) is 19.1 Å². The second kappa shape index (κ2) is 8.88. The fraction of sp³-hybridized carbons (Fsp3) is 1.00. The van der Waals surface area contributed by atoms with E-state index in [1.54, 1.807) is 0 Å². The highest BCUT2D eigenvalue weighted by Gasteiger charge is 2.18. The molecule has 5 heteroatoms. The minimum absolute atomic E-state index is 0.353. The van der Waals surface area contributed by atoms with Crippen LogP contribution in [0.5, 0.6) is 0 Å². The van der Waals surface area contributed by atoms with Crippen LogP contribution in [0.1, 0.15) is 66.2 Å². The lowest BCUT2D eigenvalue weighted by atomic mass is 9.97. The van der Waals surface area contributed by atoms with Gasteiger partial charge in [-0.3, -0.25) is 4.55 Å². The molecule has 0 fully saturated rings. The molecule has 4 nitrogen and oxygen atoms in total. The minimum atomic E-state index is -4.33. The van der Waals surface area contributed by atoms with Gasteiger partial charge in [-0.1, -0.05) is 53.4 Å². The zero-order valence-electron chi connectivity index (χ0n) is 12.1. The first-order chi connectivity index (χ1) is 8.24. The van der Waals surface area contributed by atoms with Crippen molar-refractivity contribution in [2.45, 2.75) is 72.3 Å². The Morgan fingerprint density at radius 2 is 1.67 bits per heavy atom. The van der Waals surface area contributed by atoms with Crippen molar-refractivity contribution >= 4 is 10.4 Å². The average Bonchev–Trinajstić information content (AvgIpc) is 2.20. The van der Waals surface area contributed by atoms with Gasteiger partial charge in [0, 0.05) is 0 Å². The molecular formula is C13H28O4S. The molecule has 2 unspecified atom stereocenters. The zero-order valence-corrected chi connectivity index (χ0v) is 12.9. The Kier molecular flexibility index (Phi) is 8.82. The third-order valence-corrected chi connectivity index (χ3v) is 3.68. The molecule has 0 heterocycles. The monoisotopic (exact) mass is 280 g/mol. The second-order valence-electron chi connectivity index (χ2n) is 5.57. The Morgan fingerprint density at radius 1 is 1.11 bits per heavy atom. The van der Waals surface area contributed by atoms with E-state index in [1.807, 2.05) is 13.8 Å². The van der Waals surface area contributed by atoms with E-state index in [0.717, 1.165) is 25.2 Å². The van der Waals surface area contributed by atoms with Crippen molar-refractivity contribution in [3.8, 4) is 0 Å². The molecule has 0 amide bonds. The third-order valence-electron chi connectivity index (χ3n) is 3.16. The molecule has 0 saturated heterocycles. The van der Waals surface area contributed by atoms with Crippen molar-refractivity contribution in [1.29, 1.82) is 0 Å². The van der Waals surface area contributed by atoms with Gasteiger partial charge in [-0.15, -0.1) is 0 Å². The number of unbranched alkanes of at least 4 members (excludes halogenated alkanes) is 1. The molecule has 1 N–H and O–H groups in total. The summed E-state index contributed by atoms with van der Waals surface area (Å²) in [6.45, 7) is 8.42. The standard InChI is InChI=1S/C13H28O4S/c1-5-12(4)8-6-7-9-13(10-11(2)3)17-18(14,15)16/h11-13H,5-10H2,1-4H3,(H,14,15,16). The normalized spacial score (nSPS) is 15.9. The summed E-state index contributed by atoms with van der Waals surface area (Å²) in [7, 11) is -4.33. The van der Waals surface area contributed by atoms with E-state index < -0.39 is 16.5 Å². The smallest absolute Gasteiger partial charge is 0.264 e. The second-order valence-corrected chi connectivity index (χ2v) is 6.62. The van der Waals surface area contributed by atoms with Crippen LogP contribution in [0.15, 0.2) is 0 Å². The van der Waals surface area contributed by atoms with Crippen molar-refractivity contribution in [2.24, 2.45) is 11.8 Å². The van der Waals surface area contributed by atoms with Gasteiger partial charge in [-0.05, 0) is 24.7 Å². The molecule has 0 saturated carbocycles. The molecule has 0 rings (SSSR count). The third kappa shape index (κ3) is 11.0. The van der Waals surface area contributed by atoms with Crippen molar-refractivity contribution in [3.63, 3.8) is 0 Å². The summed E-state index contributed by atoms with van der Waals surface area (Å²) in [5.74, 6) is 1.07. The molecule has 0 aromatic heterocycles. The lowest BCUT2D eigenvalue weighted by Gasteiger charge is -2.17. The summed E-state index contributed by atoms with van der Waals surface area (Å²) >= 11 is 0. The Bertz CT molecular complexity index is 298. The van der Waals surface area contributed by atoms with Crippen molar-refractivity contribution in [1.82, 2.24) is 0 Å². The SMILES string of the molecule is CCC(C)CCCCC(CC(C)C)OS(=O)(=O)O. The molecule has 0 aliphatic heterocycles. The molecule has 18 heavy (non-hydrogen) atoms. The fourth-order valence-corrected chi connectivity index (χ4v) is 2.49. The van der Waals surface area contributed by atoms with Gasteiger partial charge in [0.25, 0.3) is 0 Å². The molecule has 2 atom stereocenters. The Balaban J connectivity index is 4.01. The van der Waals surface area contributed by atoms with Crippen LogP contribution in [0.2, 0.25) is 0 Å². The summed E-state index contributed by atoms with van der Waals surface area (Å²) in [6.07, 6.45) is 5.32. The lowest BCUT2D eigenvalue weighted by molar-refractivity contribution is 0.147. The number of hydrogen-bond acceptors (Lipinski definition) is 3. The van der Waals surface area contributed by atoms with Crippen molar-refractivity contribution < 1.29 is 17.2 Å². The molecule has 0 aliphatic carbocycles. The van der Waals surface area contributed by atoms with Crippen LogP contribution in [0, 0.1) is 11.8 Å². The summed E-state index contributed by atoms with van der Waals surface area (Å²) in [4.78, 5) is 0. The van der Waals surface area contributed by atoms with Crippen LogP contribution in [0.3, 0.4) is 0 Å². The van der Waals surface area contributed by atoms with E-state index in [9.17, 15) is 8.42 Å². The van der Waals surface area contributed by atoms with E-state index in [1.165, 1.54) is 6.42 Å². The zero-order chi connectivity index (χ0) is 14.2. The van der Waals surface area contributed by atoms with E-state index in [-0.39, 0.29) is 0 Å². The van der Waals surface area contributed by atoms with E-state index in [0.29, 0.717) is 18.8 Å². The first kappa shape index (κ1) is 17.9. The summed E-state index contributed by atoms with van der Waals surface area (Å²) in [5, 5.41) is 0. The molecule has 0 bridgehead atoms. The van der Waals surface area contributed by atoms with Gasteiger partial charge in [0.05, 0.1) is 6.10 Å². The largest absolute Gasteiger partial charge is 0.397 e.